The SMILES string of the molecule is CCOc1ccc(CCCN2CCNCC2)cc1Cl. The van der Waals surface area contributed by atoms with E-state index in [1.807, 2.05) is 19.1 Å². The van der Waals surface area contributed by atoms with Crippen molar-refractivity contribution in [2.45, 2.75) is 19.8 Å². The van der Waals surface area contributed by atoms with Crippen LogP contribution in [0.4, 0.5) is 0 Å². The Morgan fingerprint density at radius 1 is 1.32 bits per heavy atom. The summed E-state index contributed by atoms with van der Waals surface area (Å²) in [6.45, 7) is 8.38. The summed E-state index contributed by atoms with van der Waals surface area (Å²) in [6, 6.07) is 6.13. The van der Waals surface area contributed by atoms with Gasteiger partial charge in [0.1, 0.15) is 5.75 Å². The summed E-state index contributed by atoms with van der Waals surface area (Å²) in [5.41, 5.74) is 1.29. The minimum atomic E-state index is 0.655. The van der Waals surface area contributed by atoms with Crippen molar-refractivity contribution in [1.29, 1.82) is 0 Å². The third-order valence-corrected chi connectivity index (χ3v) is 3.74. The number of hydrogen-bond donors (Lipinski definition) is 1. The number of halogens is 1. The molecule has 1 fully saturated rings. The summed E-state index contributed by atoms with van der Waals surface area (Å²) in [5.74, 6) is 0.787. The van der Waals surface area contributed by atoms with Crippen LogP contribution in [-0.2, 0) is 6.42 Å². The lowest BCUT2D eigenvalue weighted by Crippen LogP contribution is -2.43. The van der Waals surface area contributed by atoms with Crippen molar-refractivity contribution in [3.05, 3.63) is 28.8 Å². The van der Waals surface area contributed by atoms with Gasteiger partial charge in [0.15, 0.2) is 0 Å². The Labute approximate surface area is 120 Å². The maximum absolute atomic E-state index is 6.19. The van der Waals surface area contributed by atoms with Crippen LogP contribution in [0.5, 0.6) is 5.75 Å². The van der Waals surface area contributed by atoms with Crippen LogP contribution in [-0.4, -0.2) is 44.2 Å². The summed E-state index contributed by atoms with van der Waals surface area (Å²) >= 11 is 6.19. The van der Waals surface area contributed by atoms with Gasteiger partial charge in [-0.05, 0) is 44.0 Å². The molecule has 1 aliphatic rings. The Balaban J connectivity index is 1.77. The molecule has 1 heterocycles. The number of hydrogen-bond acceptors (Lipinski definition) is 3. The molecular weight excluding hydrogens is 260 g/mol. The molecule has 0 amide bonds. The van der Waals surface area contributed by atoms with Crippen LogP contribution in [0.1, 0.15) is 18.9 Å². The second-order valence-electron chi connectivity index (χ2n) is 4.89. The van der Waals surface area contributed by atoms with Gasteiger partial charge in [-0.25, -0.2) is 0 Å². The molecular formula is C15H23ClN2O. The van der Waals surface area contributed by atoms with Gasteiger partial charge >= 0.3 is 0 Å². The number of rotatable bonds is 6. The Bertz CT molecular complexity index is 392. The highest BCUT2D eigenvalue weighted by atomic mass is 35.5. The van der Waals surface area contributed by atoms with Crippen LogP contribution >= 0.6 is 11.6 Å². The Kier molecular flexibility index (Phi) is 5.95. The summed E-state index contributed by atoms with van der Waals surface area (Å²) in [6.07, 6.45) is 2.26. The van der Waals surface area contributed by atoms with Gasteiger partial charge < -0.3 is 15.0 Å². The molecule has 0 atom stereocenters. The van der Waals surface area contributed by atoms with Crippen molar-refractivity contribution < 1.29 is 4.74 Å². The highest BCUT2D eigenvalue weighted by molar-refractivity contribution is 6.32. The molecule has 0 unspecified atom stereocenters. The van der Waals surface area contributed by atoms with E-state index in [2.05, 4.69) is 16.3 Å². The summed E-state index contributed by atoms with van der Waals surface area (Å²) in [7, 11) is 0. The third kappa shape index (κ3) is 4.68. The average molecular weight is 283 g/mol. The molecule has 4 heteroatoms. The van der Waals surface area contributed by atoms with E-state index in [1.54, 1.807) is 0 Å². The normalized spacial score (nSPS) is 16.5. The molecule has 3 nitrogen and oxygen atoms in total. The van der Waals surface area contributed by atoms with Crippen molar-refractivity contribution in [3.8, 4) is 5.75 Å². The Morgan fingerprint density at radius 3 is 2.79 bits per heavy atom. The van der Waals surface area contributed by atoms with E-state index in [4.69, 9.17) is 16.3 Å². The van der Waals surface area contributed by atoms with Crippen LogP contribution in [0, 0.1) is 0 Å². The zero-order chi connectivity index (χ0) is 13.5. The molecule has 0 saturated carbocycles. The first-order valence-corrected chi connectivity index (χ1v) is 7.51. The largest absolute Gasteiger partial charge is 0.492 e. The van der Waals surface area contributed by atoms with Crippen LogP contribution in [0.25, 0.3) is 0 Å². The van der Waals surface area contributed by atoms with Gasteiger partial charge in [0, 0.05) is 26.2 Å². The number of aryl methyl sites for hydroxylation is 1. The fraction of sp³-hybridized carbons (Fsp3) is 0.600. The molecule has 1 aliphatic heterocycles. The quantitative estimate of drug-likeness (QED) is 0.868. The minimum Gasteiger partial charge on any atom is -0.492 e. The first-order chi connectivity index (χ1) is 9.29. The number of benzene rings is 1. The lowest BCUT2D eigenvalue weighted by molar-refractivity contribution is 0.238. The second-order valence-corrected chi connectivity index (χ2v) is 5.30. The molecule has 2 rings (SSSR count). The van der Waals surface area contributed by atoms with Gasteiger partial charge in [0.25, 0.3) is 0 Å². The van der Waals surface area contributed by atoms with Gasteiger partial charge in [-0.15, -0.1) is 0 Å². The zero-order valence-electron chi connectivity index (χ0n) is 11.6. The fourth-order valence-electron chi connectivity index (χ4n) is 2.41. The molecule has 0 spiro atoms. The summed E-state index contributed by atoms with van der Waals surface area (Å²) in [5, 5.41) is 4.10. The first-order valence-electron chi connectivity index (χ1n) is 7.14. The number of nitrogens with zero attached hydrogens (tertiary/aromatic N) is 1. The molecule has 1 saturated heterocycles. The molecule has 1 aromatic rings. The van der Waals surface area contributed by atoms with Crippen molar-refractivity contribution in [1.82, 2.24) is 10.2 Å². The van der Waals surface area contributed by atoms with Crippen LogP contribution in [0.15, 0.2) is 18.2 Å². The molecule has 0 aliphatic carbocycles. The van der Waals surface area contributed by atoms with Gasteiger partial charge in [-0.3, -0.25) is 0 Å². The van der Waals surface area contributed by atoms with Crippen LogP contribution in [0.3, 0.4) is 0 Å². The van der Waals surface area contributed by atoms with E-state index >= 15 is 0 Å². The number of ether oxygens (including phenoxy) is 1. The predicted molar refractivity (Wildman–Crippen MR) is 80.3 cm³/mol. The number of piperazine rings is 1. The fourth-order valence-corrected chi connectivity index (χ4v) is 2.67. The Morgan fingerprint density at radius 2 is 2.11 bits per heavy atom. The van der Waals surface area contributed by atoms with Crippen LogP contribution in [0.2, 0.25) is 5.02 Å². The van der Waals surface area contributed by atoms with Crippen molar-refractivity contribution in [3.63, 3.8) is 0 Å². The minimum absolute atomic E-state index is 0.655. The van der Waals surface area contributed by atoms with Crippen molar-refractivity contribution >= 4 is 11.6 Å². The van der Waals surface area contributed by atoms with E-state index in [1.165, 1.54) is 31.6 Å². The molecule has 1 aromatic carbocycles. The molecule has 0 aromatic heterocycles. The summed E-state index contributed by atoms with van der Waals surface area (Å²) in [4.78, 5) is 2.52. The van der Waals surface area contributed by atoms with E-state index in [9.17, 15) is 0 Å². The van der Waals surface area contributed by atoms with Crippen molar-refractivity contribution in [2.75, 3.05) is 39.3 Å². The average Bonchev–Trinajstić information content (AvgIpc) is 2.43. The molecule has 106 valence electrons. The van der Waals surface area contributed by atoms with Gasteiger partial charge in [0.05, 0.1) is 11.6 Å². The van der Waals surface area contributed by atoms with Gasteiger partial charge in [0.2, 0.25) is 0 Å². The lowest BCUT2D eigenvalue weighted by atomic mass is 10.1. The monoisotopic (exact) mass is 282 g/mol. The highest BCUT2D eigenvalue weighted by Crippen LogP contribution is 2.25. The third-order valence-electron chi connectivity index (χ3n) is 3.45. The topological polar surface area (TPSA) is 24.5 Å². The van der Waals surface area contributed by atoms with E-state index in [0.717, 1.165) is 30.3 Å². The van der Waals surface area contributed by atoms with E-state index in [-0.39, 0.29) is 0 Å². The van der Waals surface area contributed by atoms with E-state index < -0.39 is 0 Å². The second kappa shape index (κ2) is 7.73. The maximum Gasteiger partial charge on any atom is 0.137 e. The number of nitrogens with one attached hydrogen (secondary N) is 1. The van der Waals surface area contributed by atoms with Crippen LogP contribution < -0.4 is 10.1 Å². The lowest BCUT2D eigenvalue weighted by Gasteiger charge is -2.27. The van der Waals surface area contributed by atoms with Gasteiger partial charge in [-0.1, -0.05) is 17.7 Å². The summed E-state index contributed by atoms with van der Waals surface area (Å²) < 4.78 is 5.44. The van der Waals surface area contributed by atoms with Crippen molar-refractivity contribution in [2.24, 2.45) is 0 Å². The molecule has 19 heavy (non-hydrogen) atoms. The molecule has 1 N–H and O–H groups in total. The van der Waals surface area contributed by atoms with E-state index in [0.29, 0.717) is 6.61 Å². The van der Waals surface area contributed by atoms with Gasteiger partial charge in [-0.2, -0.15) is 0 Å². The first kappa shape index (κ1) is 14.6. The standard InChI is InChI=1S/C15H23ClN2O/c1-2-19-15-6-5-13(12-14(15)16)4-3-9-18-10-7-17-8-11-18/h5-6,12,17H,2-4,7-11H2,1H3. The zero-order valence-corrected chi connectivity index (χ0v) is 12.4. The highest BCUT2D eigenvalue weighted by Gasteiger charge is 2.09. The predicted octanol–water partition coefficient (Wildman–Crippen LogP) is 2.58. The smallest absolute Gasteiger partial charge is 0.137 e. The maximum atomic E-state index is 6.19. The Hall–Kier alpha value is -0.770. The molecule has 0 radical (unpaired) electrons. The molecule has 0 bridgehead atoms.